The lowest BCUT2D eigenvalue weighted by molar-refractivity contribution is 1.64. The van der Waals surface area contributed by atoms with Gasteiger partial charge in [-0.3, -0.25) is 0 Å². The van der Waals surface area contributed by atoms with Gasteiger partial charge in [0, 0.05) is 0 Å². The van der Waals surface area contributed by atoms with Crippen LogP contribution in [0.25, 0.3) is 54.9 Å². The highest BCUT2D eigenvalue weighted by Gasteiger charge is 2.17. The van der Waals surface area contributed by atoms with Crippen LogP contribution in [0.15, 0.2) is 127 Å². The van der Waals surface area contributed by atoms with Crippen molar-refractivity contribution in [3.05, 3.63) is 127 Å². The predicted molar refractivity (Wildman–Crippen MR) is 146 cm³/mol. The Morgan fingerprint density at radius 3 is 1.42 bits per heavy atom. The lowest BCUT2D eigenvalue weighted by atomic mass is 9.84. The zero-order valence-electron chi connectivity index (χ0n) is 18.6. The van der Waals surface area contributed by atoms with Gasteiger partial charge in [0.05, 0.1) is 0 Å². The van der Waals surface area contributed by atoms with Crippen molar-refractivity contribution in [3.8, 4) is 33.4 Å². The Bertz CT molecular complexity index is 1600. The Kier molecular flexibility index (Phi) is 4.81. The van der Waals surface area contributed by atoms with Crippen LogP contribution in [0.5, 0.6) is 0 Å². The van der Waals surface area contributed by atoms with Crippen molar-refractivity contribution in [2.75, 3.05) is 0 Å². The van der Waals surface area contributed by atoms with E-state index in [1.165, 1.54) is 60.4 Å². The van der Waals surface area contributed by atoms with Gasteiger partial charge in [0.2, 0.25) is 0 Å². The average molecular weight is 418 g/mol. The SMILES string of the molecule is Bc1cccc(-c2ccc3c(-c4ccccc4)c4ccccc4c(-c4ccccc4)c3c2)c1. The summed E-state index contributed by atoms with van der Waals surface area (Å²) in [6.07, 6.45) is 0. The van der Waals surface area contributed by atoms with Crippen LogP contribution in [-0.4, -0.2) is 7.85 Å². The van der Waals surface area contributed by atoms with Gasteiger partial charge in [-0.2, -0.15) is 0 Å². The van der Waals surface area contributed by atoms with E-state index >= 15 is 0 Å². The van der Waals surface area contributed by atoms with Crippen molar-refractivity contribution in [2.24, 2.45) is 0 Å². The van der Waals surface area contributed by atoms with Crippen molar-refractivity contribution in [1.29, 1.82) is 0 Å². The van der Waals surface area contributed by atoms with Gasteiger partial charge in [-0.1, -0.05) is 127 Å². The molecule has 0 nitrogen and oxygen atoms in total. The molecule has 0 radical (unpaired) electrons. The Balaban J connectivity index is 1.79. The van der Waals surface area contributed by atoms with Crippen molar-refractivity contribution in [2.45, 2.75) is 0 Å². The lowest BCUT2D eigenvalue weighted by Gasteiger charge is -2.18. The molecule has 0 unspecified atom stereocenters. The van der Waals surface area contributed by atoms with E-state index < -0.39 is 0 Å². The molecule has 33 heavy (non-hydrogen) atoms. The van der Waals surface area contributed by atoms with Crippen LogP contribution in [0.3, 0.4) is 0 Å². The van der Waals surface area contributed by atoms with E-state index in [1.807, 2.05) is 0 Å². The third-order valence-electron chi connectivity index (χ3n) is 6.50. The minimum absolute atomic E-state index is 1.25. The molecule has 154 valence electrons. The van der Waals surface area contributed by atoms with Gasteiger partial charge in [0.25, 0.3) is 0 Å². The summed E-state index contributed by atoms with van der Waals surface area (Å²) in [6.45, 7) is 0. The fourth-order valence-corrected chi connectivity index (χ4v) is 5.01. The normalized spacial score (nSPS) is 11.2. The van der Waals surface area contributed by atoms with E-state index in [-0.39, 0.29) is 0 Å². The third-order valence-corrected chi connectivity index (χ3v) is 6.50. The van der Waals surface area contributed by atoms with Gasteiger partial charge in [-0.05, 0) is 61.0 Å². The molecule has 6 rings (SSSR count). The molecule has 0 aliphatic heterocycles. The van der Waals surface area contributed by atoms with Gasteiger partial charge in [-0.25, -0.2) is 0 Å². The molecule has 6 aromatic rings. The summed E-state index contributed by atoms with van der Waals surface area (Å²) < 4.78 is 0. The quantitative estimate of drug-likeness (QED) is 0.210. The number of hydrogen-bond donors (Lipinski definition) is 0. The van der Waals surface area contributed by atoms with Gasteiger partial charge >= 0.3 is 0 Å². The smallest absolute Gasteiger partial charge is 0.0884 e. The topological polar surface area (TPSA) is 0 Å². The van der Waals surface area contributed by atoms with Gasteiger partial charge in [0.15, 0.2) is 0 Å². The zero-order chi connectivity index (χ0) is 22.2. The molecule has 0 amide bonds. The molecule has 0 aromatic heterocycles. The summed E-state index contributed by atoms with van der Waals surface area (Å²) >= 11 is 0. The van der Waals surface area contributed by atoms with Crippen molar-refractivity contribution in [1.82, 2.24) is 0 Å². The van der Waals surface area contributed by atoms with Crippen LogP contribution in [-0.2, 0) is 0 Å². The summed E-state index contributed by atoms with van der Waals surface area (Å²) in [6, 6.07) is 46.1. The first-order valence-corrected chi connectivity index (χ1v) is 11.5. The van der Waals surface area contributed by atoms with Gasteiger partial charge in [-0.15, -0.1) is 0 Å². The van der Waals surface area contributed by atoms with Crippen LogP contribution in [0, 0.1) is 0 Å². The molecule has 6 aromatic carbocycles. The highest BCUT2D eigenvalue weighted by Crippen LogP contribution is 2.44. The molecule has 0 fully saturated rings. The average Bonchev–Trinajstić information content (AvgIpc) is 2.88. The summed E-state index contributed by atoms with van der Waals surface area (Å²) in [5, 5.41) is 5.16. The summed E-state index contributed by atoms with van der Waals surface area (Å²) in [5.41, 5.74) is 8.88. The third kappa shape index (κ3) is 3.43. The van der Waals surface area contributed by atoms with E-state index in [9.17, 15) is 0 Å². The minimum Gasteiger partial charge on any atom is -0.0884 e. The number of rotatable bonds is 3. The van der Waals surface area contributed by atoms with E-state index in [0.29, 0.717) is 0 Å². The molecule has 0 atom stereocenters. The molecule has 0 saturated heterocycles. The maximum Gasteiger partial charge on any atom is 0.139 e. The number of benzene rings is 6. The fraction of sp³-hybridized carbons (Fsp3) is 0. The van der Waals surface area contributed by atoms with Crippen molar-refractivity contribution >= 4 is 34.9 Å². The van der Waals surface area contributed by atoms with Crippen LogP contribution >= 0.6 is 0 Å². The fourth-order valence-electron chi connectivity index (χ4n) is 5.01. The molecule has 0 saturated carbocycles. The Morgan fingerprint density at radius 2 is 0.818 bits per heavy atom. The molecule has 0 heterocycles. The highest BCUT2D eigenvalue weighted by atomic mass is 14.2. The van der Waals surface area contributed by atoms with Crippen molar-refractivity contribution < 1.29 is 0 Å². The summed E-state index contributed by atoms with van der Waals surface area (Å²) in [4.78, 5) is 0. The van der Waals surface area contributed by atoms with Crippen LogP contribution < -0.4 is 5.46 Å². The largest absolute Gasteiger partial charge is 0.139 e. The Labute approximate surface area is 195 Å². The molecule has 0 bridgehead atoms. The highest BCUT2D eigenvalue weighted by molar-refractivity contribution is 6.32. The first-order valence-electron chi connectivity index (χ1n) is 11.5. The van der Waals surface area contributed by atoms with Gasteiger partial charge < -0.3 is 0 Å². The second-order valence-electron chi connectivity index (χ2n) is 8.66. The minimum atomic E-state index is 1.25. The first-order chi connectivity index (χ1) is 16.3. The predicted octanol–water partition coefficient (Wildman–Crippen LogP) is 7.25. The lowest BCUT2D eigenvalue weighted by Crippen LogP contribution is -2.00. The maximum absolute atomic E-state index is 2.38. The van der Waals surface area contributed by atoms with E-state index in [4.69, 9.17) is 0 Å². The maximum atomic E-state index is 2.38. The standard InChI is InChI=1S/C32H23B/c33-26-15-9-14-24(20-26)25-18-19-29-30(21-25)32(23-12-5-2-6-13-23)28-17-8-7-16-27(28)31(29)22-10-3-1-4-11-22/h1-21H,33H2. The Morgan fingerprint density at radius 1 is 0.333 bits per heavy atom. The van der Waals surface area contributed by atoms with E-state index in [2.05, 4.69) is 135 Å². The molecule has 0 aliphatic rings. The zero-order valence-corrected chi connectivity index (χ0v) is 18.6. The van der Waals surface area contributed by atoms with E-state index in [0.717, 1.165) is 0 Å². The molecule has 1 heteroatoms. The second kappa shape index (κ2) is 8.11. The Hall–Kier alpha value is -4.10. The second-order valence-corrected chi connectivity index (χ2v) is 8.66. The molecule has 0 spiro atoms. The van der Waals surface area contributed by atoms with Crippen LogP contribution in [0.1, 0.15) is 0 Å². The molecular weight excluding hydrogens is 395 g/mol. The van der Waals surface area contributed by atoms with E-state index in [1.54, 1.807) is 0 Å². The van der Waals surface area contributed by atoms with Crippen molar-refractivity contribution in [3.63, 3.8) is 0 Å². The monoisotopic (exact) mass is 418 g/mol. The van der Waals surface area contributed by atoms with Gasteiger partial charge in [0.1, 0.15) is 7.85 Å². The molecule has 0 aliphatic carbocycles. The first kappa shape index (κ1) is 19.6. The summed E-state index contributed by atoms with van der Waals surface area (Å²) in [7, 11) is 2.15. The van der Waals surface area contributed by atoms with Crippen LogP contribution in [0.2, 0.25) is 0 Å². The van der Waals surface area contributed by atoms with Crippen LogP contribution in [0.4, 0.5) is 0 Å². The number of hydrogen-bond acceptors (Lipinski definition) is 0. The number of fused-ring (bicyclic) bond motifs is 2. The molecule has 0 N–H and O–H groups in total. The summed E-state index contributed by atoms with van der Waals surface area (Å²) in [5.74, 6) is 0. The molecular formula is C32H23B.